The van der Waals surface area contributed by atoms with E-state index in [0.29, 0.717) is 24.3 Å². The Hall–Kier alpha value is -5.42. The Morgan fingerprint density at radius 3 is 1.30 bits per heavy atom. The molecule has 6 atom stereocenters. The number of methoxy groups -OCH3 is 2. The van der Waals surface area contributed by atoms with Gasteiger partial charge in [-0.15, -0.1) is 0 Å². The zero-order valence-electron chi connectivity index (χ0n) is 33.3. The summed E-state index contributed by atoms with van der Waals surface area (Å²) in [6, 6.07) is 2.67. The molecule has 0 saturated carbocycles. The second kappa shape index (κ2) is 26.4. The molecule has 0 bridgehead atoms. The third kappa shape index (κ3) is 18.8. The van der Waals surface area contributed by atoms with Crippen LogP contribution < -0.4 is 42.2 Å². The SMILES string of the molecule is CC[C@@H](C)[C@H](NC(=O)[C@H](CCC(N)=O)NC(=O)CCCOc1cccc(OCCCC(=O)N[C@@H](CCC(N)=O)C(=O)N[C@H](C(=O)OC)[C@H](C)CC)c1)C(=O)OC. The van der Waals surface area contributed by atoms with Crippen molar-refractivity contribution in [3.63, 3.8) is 0 Å². The second-order valence-electron chi connectivity index (χ2n) is 13.4. The molecule has 0 heterocycles. The lowest BCUT2D eigenvalue weighted by Crippen LogP contribution is -2.53. The van der Waals surface area contributed by atoms with Crippen molar-refractivity contribution in [1.82, 2.24) is 21.3 Å². The Bertz CT molecular complexity index is 1370. The number of carbonyl (C=O) groups is 8. The van der Waals surface area contributed by atoms with Crippen LogP contribution in [0.1, 0.15) is 91.9 Å². The maximum absolute atomic E-state index is 13.0. The second-order valence-corrected chi connectivity index (χ2v) is 13.4. The van der Waals surface area contributed by atoms with Gasteiger partial charge in [-0.05, 0) is 49.7 Å². The molecule has 18 heteroatoms. The van der Waals surface area contributed by atoms with Gasteiger partial charge in [0.1, 0.15) is 35.7 Å². The maximum Gasteiger partial charge on any atom is 0.328 e. The van der Waals surface area contributed by atoms with Crippen LogP contribution in [0.3, 0.4) is 0 Å². The van der Waals surface area contributed by atoms with Crippen molar-refractivity contribution in [1.29, 1.82) is 0 Å². The Balaban J connectivity index is 2.65. The predicted octanol–water partition coefficient (Wildman–Crippen LogP) is 0.913. The monoisotopic (exact) mass is 792 g/mol. The summed E-state index contributed by atoms with van der Waals surface area (Å²) in [7, 11) is 2.43. The van der Waals surface area contributed by atoms with E-state index in [4.69, 9.17) is 30.4 Å². The average molecular weight is 793 g/mol. The number of amides is 6. The summed E-state index contributed by atoms with van der Waals surface area (Å²) >= 11 is 0. The van der Waals surface area contributed by atoms with Gasteiger partial charge in [-0.1, -0.05) is 46.6 Å². The molecular formula is C38H60N6O12. The van der Waals surface area contributed by atoms with Gasteiger partial charge in [0.05, 0.1) is 27.4 Å². The highest BCUT2D eigenvalue weighted by atomic mass is 16.5. The van der Waals surface area contributed by atoms with E-state index in [1.807, 2.05) is 13.8 Å². The fourth-order valence-electron chi connectivity index (χ4n) is 5.24. The first-order valence-corrected chi connectivity index (χ1v) is 18.8. The zero-order valence-corrected chi connectivity index (χ0v) is 33.3. The summed E-state index contributed by atoms with van der Waals surface area (Å²) in [5, 5.41) is 10.5. The summed E-state index contributed by atoms with van der Waals surface area (Å²) in [5.41, 5.74) is 10.5. The number of benzene rings is 1. The normalized spacial score (nSPS) is 14.0. The minimum Gasteiger partial charge on any atom is -0.493 e. The van der Waals surface area contributed by atoms with Crippen molar-refractivity contribution in [2.24, 2.45) is 23.3 Å². The van der Waals surface area contributed by atoms with E-state index in [0.717, 1.165) is 0 Å². The molecule has 0 spiro atoms. The molecule has 0 aliphatic carbocycles. The average Bonchev–Trinajstić information content (AvgIpc) is 3.17. The maximum atomic E-state index is 13.0. The molecule has 0 unspecified atom stereocenters. The first-order valence-electron chi connectivity index (χ1n) is 18.8. The van der Waals surface area contributed by atoms with Crippen LogP contribution in [0.25, 0.3) is 0 Å². The van der Waals surface area contributed by atoms with E-state index < -0.39 is 71.5 Å². The number of primary amides is 2. The highest BCUT2D eigenvalue weighted by molar-refractivity contribution is 5.92. The van der Waals surface area contributed by atoms with E-state index in [9.17, 15) is 38.4 Å². The number of nitrogens with one attached hydrogen (secondary N) is 4. The van der Waals surface area contributed by atoms with Crippen LogP contribution in [0.2, 0.25) is 0 Å². The Kier molecular flexibility index (Phi) is 22.9. The minimum atomic E-state index is -1.10. The van der Waals surface area contributed by atoms with Crippen molar-refractivity contribution >= 4 is 47.4 Å². The van der Waals surface area contributed by atoms with Crippen LogP contribution in [0, 0.1) is 11.8 Å². The molecule has 314 valence electrons. The summed E-state index contributed by atoms with van der Waals surface area (Å²) in [5.74, 6) is -4.29. The lowest BCUT2D eigenvalue weighted by atomic mass is 9.98. The van der Waals surface area contributed by atoms with Gasteiger partial charge < -0.3 is 51.7 Å². The van der Waals surface area contributed by atoms with Gasteiger partial charge in [0, 0.05) is 31.7 Å². The summed E-state index contributed by atoms with van der Waals surface area (Å²) in [4.78, 5) is 98.8. The molecule has 1 rings (SSSR count). The van der Waals surface area contributed by atoms with Gasteiger partial charge in [0.2, 0.25) is 35.4 Å². The van der Waals surface area contributed by atoms with Gasteiger partial charge in [0.25, 0.3) is 0 Å². The van der Waals surface area contributed by atoms with Crippen molar-refractivity contribution in [3.05, 3.63) is 24.3 Å². The molecule has 18 nitrogen and oxygen atoms in total. The van der Waals surface area contributed by atoms with Crippen LogP contribution in [0.15, 0.2) is 24.3 Å². The fraction of sp³-hybridized carbons (Fsp3) is 0.632. The number of ether oxygens (including phenoxy) is 4. The Morgan fingerprint density at radius 2 is 0.982 bits per heavy atom. The molecule has 1 aromatic carbocycles. The van der Waals surface area contributed by atoms with Crippen LogP contribution in [-0.2, 0) is 47.8 Å². The zero-order chi connectivity index (χ0) is 42.2. The first-order chi connectivity index (χ1) is 26.6. The summed E-state index contributed by atoms with van der Waals surface area (Å²) in [6.07, 6.45) is 1.31. The molecule has 56 heavy (non-hydrogen) atoms. The largest absolute Gasteiger partial charge is 0.493 e. The fourth-order valence-corrected chi connectivity index (χ4v) is 5.24. The van der Waals surface area contributed by atoms with Crippen molar-refractivity contribution < 1.29 is 57.3 Å². The molecule has 0 saturated heterocycles. The molecule has 6 amide bonds. The van der Waals surface area contributed by atoms with E-state index in [2.05, 4.69) is 21.3 Å². The molecule has 0 aliphatic heterocycles. The highest BCUT2D eigenvalue weighted by Crippen LogP contribution is 2.20. The number of hydrogen-bond donors (Lipinski definition) is 6. The van der Waals surface area contributed by atoms with Crippen LogP contribution in [0.5, 0.6) is 11.5 Å². The first kappa shape index (κ1) is 48.6. The van der Waals surface area contributed by atoms with E-state index in [-0.39, 0.29) is 76.4 Å². The van der Waals surface area contributed by atoms with Crippen molar-refractivity contribution in [2.75, 3.05) is 27.4 Å². The third-order valence-corrected chi connectivity index (χ3v) is 9.03. The van der Waals surface area contributed by atoms with Gasteiger partial charge in [-0.3, -0.25) is 28.8 Å². The predicted molar refractivity (Wildman–Crippen MR) is 203 cm³/mol. The standard InChI is InChI=1S/C38H60N6O12/c1-7-23(3)33(37(51)53-5)43-35(49)27(16-18-29(39)45)41-31(47)14-10-20-55-25-12-9-13-26(22-25)56-21-11-15-32(48)42-28(17-19-30(40)46)36(50)44-34(24(4)8-2)38(52)54-6/h9,12-13,22-24,27-28,33-34H,7-8,10-11,14-21H2,1-6H3,(H2,39,45)(H2,40,46)(H,41,47)(H,42,48)(H,43,49)(H,44,50)/t23-,24-,27+,28+,33+,34+/m1/s1. The number of nitrogens with two attached hydrogens (primary N) is 2. The van der Waals surface area contributed by atoms with Crippen molar-refractivity contribution in [2.45, 2.75) is 116 Å². The van der Waals surface area contributed by atoms with E-state index >= 15 is 0 Å². The quantitative estimate of drug-likeness (QED) is 0.0511. The number of carbonyl (C=O) groups excluding carboxylic acids is 8. The molecule has 0 aromatic heterocycles. The molecule has 0 fully saturated rings. The molecular weight excluding hydrogens is 732 g/mol. The highest BCUT2D eigenvalue weighted by Gasteiger charge is 2.32. The minimum absolute atomic E-state index is 0.000824. The number of esters is 2. The lowest BCUT2D eigenvalue weighted by Gasteiger charge is -2.25. The van der Waals surface area contributed by atoms with Gasteiger partial charge in [0.15, 0.2) is 0 Å². The van der Waals surface area contributed by atoms with Crippen LogP contribution in [-0.4, -0.2) is 99.0 Å². The van der Waals surface area contributed by atoms with Gasteiger partial charge >= 0.3 is 11.9 Å². The molecule has 8 N–H and O–H groups in total. The smallest absolute Gasteiger partial charge is 0.328 e. The summed E-state index contributed by atoms with van der Waals surface area (Å²) in [6.45, 7) is 7.57. The van der Waals surface area contributed by atoms with Gasteiger partial charge in [-0.2, -0.15) is 0 Å². The third-order valence-electron chi connectivity index (χ3n) is 9.03. The van der Waals surface area contributed by atoms with Crippen LogP contribution in [0.4, 0.5) is 0 Å². The number of rotatable bonds is 28. The summed E-state index contributed by atoms with van der Waals surface area (Å²) < 4.78 is 21.1. The van der Waals surface area contributed by atoms with Crippen LogP contribution >= 0.6 is 0 Å². The van der Waals surface area contributed by atoms with Crippen molar-refractivity contribution in [3.8, 4) is 11.5 Å². The van der Waals surface area contributed by atoms with Gasteiger partial charge in [-0.25, -0.2) is 9.59 Å². The molecule has 1 aromatic rings. The number of hydrogen-bond acceptors (Lipinski definition) is 12. The Labute approximate surface area is 328 Å². The van der Waals surface area contributed by atoms with E-state index in [1.54, 1.807) is 38.1 Å². The molecule has 0 aliphatic rings. The lowest BCUT2D eigenvalue weighted by molar-refractivity contribution is -0.147. The molecule has 0 radical (unpaired) electrons. The topological polar surface area (TPSA) is 274 Å². The Morgan fingerprint density at radius 1 is 0.607 bits per heavy atom. The van der Waals surface area contributed by atoms with E-state index in [1.165, 1.54) is 14.2 Å².